The summed E-state index contributed by atoms with van der Waals surface area (Å²) in [6, 6.07) is 23.5. The van der Waals surface area contributed by atoms with E-state index in [1.165, 1.54) is 0 Å². The Bertz CT molecular complexity index is 1020. The van der Waals surface area contributed by atoms with E-state index < -0.39 is 0 Å². The number of hydrogen-bond donors (Lipinski definition) is 2. The van der Waals surface area contributed by atoms with Gasteiger partial charge in [0.25, 0.3) is 0 Å². The van der Waals surface area contributed by atoms with E-state index in [9.17, 15) is 9.59 Å². The minimum atomic E-state index is -0.370. The number of carbonyl (C=O) groups is 2. The highest BCUT2D eigenvalue weighted by molar-refractivity contribution is 5.95. The average Bonchev–Trinajstić information content (AvgIpc) is 2.85. The first kappa shape index (κ1) is 23.7. The number of amides is 1. The second-order valence-corrected chi connectivity index (χ2v) is 7.15. The van der Waals surface area contributed by atoms with E-state index in [0.29, 0.717) is 36.8 Å². The van der Waals surface area contributed by atoms with Gasteiger partial charge in [-0.1, -0.05) is 31.2 Å². The highest BCUT2D eigenvalue weighted by Crippen LogP contribution is 2.18. The summed E-state index contributed by atoms with van der Waals surface area (Å²) >= 11 is 0. The number of benzene rings is 3. The first-order valence-corrected chi connectivity index (χ1v) is 10.9. The van der Waals surface area contributed by atoms with Gasteiger partial charge in [-0.25, -0.2) is 4.79 Å². The molecule has 0 bridgehead atoms. The molecule has 0 radical (unpaired) electrons. The lowest BCUT2D eigenvalue weighted by molar-refractivity contribution is -0.114. The Morgan fingerprint density at radius 2 is 1.45 bits per heavy atom. The lowest BCUT2D eigenvalue weighted by Gasteiger charge is -2.11. The second kappa shape index (κ2) is 12.8. The van der Waals surface area contributed by atoms with Gasteiger partial charge in [0.15, 0.2) is 0 Å². The molecule has 3 aromatic rings. The molecule has 0 aliphatic rings. The predicted molar refractivity (Wildman–Crippen MR) is 128 cm³/mol. The standard InChI is InChI=1S/C26H28N2O5/c1-2-15-33-26(30)20-11-13-21(14-12-20)28-25(29)19-27-22-7-6-10-24(18-22)32-17-16-31-23-8-4-3-5-9-23/h3-14,18,27H,2,15-17,19H2,1H3,(H,28,29). The van der Waals surface area contributed by atoms with E-state index in [-0.39, 0.29) is 18.4 Å². The summed E-state index contributed by atoms with van der Waals surface area (Å²) in [5, 5.41) is 5.87. The lowest BCUT2D eigenvalue weighted by atomic mass is 10.2. The molecule has 2 N–H and O–H groups in total. The number of anilines is 2. The summed E-state index contributed by atoms with van der Waals surface area (Å²) in [6.45, 7) is 3.24. The molecule has 3 aromatic carbocycles. The molecule has 0 aliphatic carbocycles. The van der Waals surface area contributed by atoms with Gasteiger partial charge in [-0.3, -0.25) is 4.79 Å². The van der Waals surface area contributed by atoms with Gasteiger partial charge >= 0.3 is 5.97 Å². The zero-order chi connectivity index (χ0) is 23.3. The van der Waals surface area contributed by atoms with Crippen LogP contribution in [0, 0.1) is 0 Å². The topological polar surface area (TPSA) is 85.9 Å². The van der Waals surface area contributed by atoms with Crippen molar-refractivity contribution in [2.24, 2.45) is 0 Å². The predicted octanol–water partition coefficient (Wildman–Crippen LogP) is 4.76. The van der Waals surface area contributed by atoms with Crippen molar-refractivity contribution in [3.63, 3.8) is 0 Å². The Kier molecular flexibility index (Phi) is 9.15. The van der Waals surface area contributed by atoms with Crippen LogP contribution in [-0.2, 0) is 9.53 Å². The molecular weight excluding hydrogens is 420 g/mol. The van der Waals surface area contributed by atoms with Crippen LogP contribution in [0.1, 0.15) is 23.7 Å². The lowest BCUT2D eigenvalue weighted by Crippen LogP contribution is -2.21. The molecule has 0 aromatic heterocycles. The Morgan fingerprint density at radius 1 is 0.758 bits per heavy atom. The first-order chi connectivity index (χ1) is 16.1. The van der Waals surface area contributed by atoms with Crippen molar-refractivity contribution >= 4 is 23.3 Å². The molecule has 0 saturated heterocycles. The van der Waals surface area contributed by atoms with Crippen molar-refractivity contribution in [2.45, 2.75) is 13.3 Å². The van der Waals surface area contributed by atoms with E-state index in [0.717, 1.165) is 17.9 Å². The fourth-order valence-electron chi connectivity index (χ4n) is 2.89. The Hall–Kier alpha value is -4.00. The van der Waals surface area contributed by atoms with Gasteiger partial charge in [0, 0.05) is 17.4 Å². The van der Waals surface area contributed by atoms with Crippen molar-refractivity contribution in [3.8, 4) is 11.5 Å². The number of carbonyl (C=O) groups excluding carboxylic acids is 2. The molecule has 0 spiro atoms. The highest BCUT2D eigenvalue weighted by atomic mass is 16.5. The molecule has 33 heavy (non-hydrogen) atoms. The first-order valence-electron chi connectivity index (χ1n) is 10.9. The Labute approximate surface area is 193 Å². The van der Waals surface area contributed by atoms with E-state index in [1.54, 1.807) is 24.3 Å². The normalized spacial score (nSPS) is 10.2. The zero-order valence-corrected chi connectivity index (χ0v) is 18.6. The molecule has 0 fully saturated rings. The summed E-state index contributed by atoms with van der Waals surface area (Å²) < 4.78 is 16.4. The van der Waals surface area contributed by atoms with Gasteiger partial charge in [0.2, 0.25) is 5.91 Å². The van der Waals surface area contributed by atoms with Gasteiger partial charge in [-0.05, 0) is 55.0 Å². The van der Waals surface area contributed by atoms with Gasteiger partial charge in [-0.2, -0.15) is 0 Å². The summed E-state index contributed by atoms with van der Waals surface area (Å²) in [5.74, 6) is 0.903. The van der Waals surface area contributed by atoms with Crippen molar-refractivity contribution in [2.75, 3.05) is 37.0 Å². The minimum absolute atomic E-state index is 0.0842. The molecule has 0 saturated carbocycles. The summed E-state index contributed by atoms with van der Waals surface area (Å²) in [5.41, 5.74) is 1.82. The summed E-state index contributed by atoms with van der Waals surface area (Å²) in [4.78, 5) is 24.1. The monoisotopic (exact) mass is 448 g/mol. The third kappa shape index (κ3) is 8.22. The van der Waals surface area contributed by atoms with Crippen LogP contribution in [0.25, 0.3) is 0 Å². The molecule has 7 heteroatoms. The van der Waals surface area contributed by atoms with Gasteiger partial charge < -0.3 is 24.8 Å². The molecule has 0 atom stereocenters. The quantitative estimate of drug-likeness (QED) is 0.307. The van der Waals surface area contributed by atoms with Crippen molar-refractivity contribution in [1.29, 1.82) is 0 Å². The molecule has 0 heterocycles. The van der Waals surface area contributed by atoms with Crippen LogP contribution >= 0.6 is 0 Å². The van der Waals surface area contributed by atoms with Gasteiger partial charge in [0.05, 0.1) is 18.7 Å². The van der Waals surface area contributed by atoms with E-state index in [4.69, 9.17) is 14.2 Å². The van der Waals surface area contributed by atoms with E-state index in [2.05, 4.69) is 10.6 Å². The smallest absolute Gasteiger partial charge is 0.338 e. The van der Waals surface area contributed by atoms with Crippen LogP contribution in [0.15, 0.2) is 78.9 Å². The van der Waals surface area contributed by atoms with Crippen LogP contribution in [0.3, 0.4) is 0 Å². The maximum Gasteiger partial charge on any atom is 0.338 e. The Balaban J connectivity index is 1.40. The number of hydrogen-bond acceptors (Lipinski definition) is 6. The molecule has 1 amide bonds. The van der Waals surface area contributed by atoms with Crippen LogP contribution in [-0.4, -0.2) is 38.2 Å². The van der Waals surface area contributed by atoms with Crippen LogP contribution < -0.4 is 20.1 Å². The number of rotatable bonds is 12. The summed E-state index contributed by atoms with van der Waals surface area (Å²) in [7, 11) is 0. The third-order valence-corrected chi connectivity index (χ3v) is 4.49. The van der Waals surface area contributed by atoms with Gasteiger partial charge in [0.1, 0.15) is 24.7 Å². The fraction of sp³-hybridized carbons (Fsp3) is 0.231. The molecule has 172 valence electrons. The molecule has 3 rings (SSSR count). The maximum atomic E-state index is 12.3. The largest absolute Gasteiger partial charge is 0.490 e. The molecular formula is C26H28N2O5. The van der Waals surface area contributed by atoms with Crippen LogP contribution in [0.2, 0.25) is 0 Å². The van der Waals surface area contributed by atoms with Crippen molar-refractivity contribution < 1.29 is 23.8 Å². The number of ether oxygens (including phenoxy) is 3. The van der Waals surface area contributed by atoms with Crippen LogP contribution in [0.4, 0.5) is 11.4 Å². The van der Waals surface area contributed by atoms with Crippen molar-refractivity contribution in [3.05, 3.63) is 84.4 Å². The van der Waals surface area contributed by atoms with E-state index in [1.807, 2.05) is 61.5 Å². The second-order valence-electron chi connectivity index (χ2n) is 7.15. The molecule has 7 nitrogen and oxygen atoms in total. The van der Waals surface area contributed by atoms with E-state index >= 15 is 0 Å². The summed E-state index contributed by atoms with van der Waals surface area (Å²) in [6.07, 6.45) is 0.768. The van der Waals surface area contributed by atoms with Crippen LogP contribution in [0.5, 0.6) is 11.5 Å². The zero-order valence-electron chi connectivity index (χ0n) is 18.6. The van der Waals surface area contributed by atoms with Crippen molar-refractivity contribution in [1.82, 2.24) is 0 Å². The highest BCUT2D eigenvalue weighted by Gasteiger charge is 2.08. The fourth-order valence-corrected chi connectivity index (χ4v) is 2.89. The number of para-hydroxylation sites is 1. The number of esters is 1. The minimum Gasteiger partial charge on any atom is -0.490 e. The Morgan fingerprint density at radius 3 is 2.18 bits per heavy atom. The maximum absolute atomic E-state index is 12.3. The molecule has 0 aliphatic heterocycles. The third-order valence-electron chi connectivity index (χ3n) is 4.49. The van der Waals surface area contributed by atoms with Gasteiger partial charge in [-0.15, -0.1) is 0 Å². The average molecular weight is 449 g/mol. The number of nitrogens with one attached hydrogen (secondary N) is 2. The molecule has 0 unspecified atom stereocenters. The SMILES string of the molecule is CCCOC(=O)c1ccc(NC(=O)CNc2cccc(OCCOc3ccccc3)c2)cc1.